The first-order valence-electron chi connectivity index (χ1n) is 9.57. The first-order valence-corrected chi connectivity index (χ1v) is 9.57. The normalized spacial score (nSPS) is 11.5. The van der Waals surface area contributed by atoms with Crippen LogP contribution in [-0.2, 0) is 24.7 Å². The number of nitriles is 1. The van der Waals surface area contributed by atoms with Gasteiger partial charge in [-0.05, 0) is 41.8 Å². The third kappa shape index (κ3) is 5.23. The second-order valence-electron chi connectivity index (χ2n) is 7.02. The third-order valence-corrected chi connectivity index (χ3v) is 4.96. The number of halogens is 1. The van der Waals surface area contributed by atoms with Crippen LogP contribution in [0, 0.1) is 17.1 Å². The predicted molar refractivity (Wildman–Crippen MR) is 110 cm³/mol. The molecule has 0 radical (unpaired) electrons. The number of methoxy groups -OCH3 is 1. The summed E-state index contributed by atoms with van der Waals surface area (Å²) in [6.07, 6.45) is 4.69. The fourth-order valence-electron chi connectivity index (χ4n) is 3.23. The van der Waals surface area contributed by atoms with Crippen LogP contribution in [0.1, 0.15) is 34.8 Å². The summed E-state index contributed by atoms with van der Waals surface area (Å²) >= 11 is 0. The lowest BCUT2D eigenvalue weighted by Gasteiger charge is -2.20. The van der Waals surface area contributed by atoms with Gasteiger partial charge in [-0.1, -0.05) is 18.2 Å². The van der Waals surface area contributed by atoms with E-state index in [1.165, 1.54) is 12.1 Å². The molecule has 3 aromatic rings. The van der Waals surface area contributed by atoms with Crippen molar-refractivity contribution >= 4 is 5.91 Å². The van der Waals surface area contributed by atoms with Crippen LogP contribution in [0.3, 0.4) is 0 Å². The highest BCUT2D eigenvalue weighted by Gasteiger charge is 2.18. The van der Waals surface area contributed by atoms with E-state index in [9.17, 15) is 9.18 Å². The van der Waals surface area contributed by atoms with Crippen LogP contribution in [-0.4, -0.2) is 22.6 Å². The summed E-state index contributed by atoms with van der Waals surface area (Å²) < 4.78 is 21.3. The Balaban J connectivity index is 1.74. The molecule has 1 N–H and O–H groups in total. The summed E-state index contributed by atoms with van der Waals surface area (Å²) in [5.74, 6) is 0.000409. The average molecular weight is 406 g/mol. The van der Waals surface area contributed by atoms with Crippen molar-refractivity contribution in [2.75, 3.05) is 7.11 Å². The zero-order chi connectivity index (χ0) is 21.5. The Kier molecular flexibility index (Phi) is 6.81. The molecule has 7 heteroatoms. The van der Waals surface area contributed by atoms with Gasteiger partial charge in [0, 0.05) is 31.8 Å². The molecule has 0 bridgehead atoms. The molecule has 1 atom stereocenters. The standard InChI is InChI=1S/C23H23FN4O2/c1-28-15-26-14-19(28)12-22(17-7-8-18(13-25)21(24)11-17)27-23(29)9-6-16-4-3-5-20(10-16)30-2/h3-5,7-8,10-11,14-15,22H,6,9,12H2,1-2H3,(H,27,29). The second-order valence-corrected chi connectivity index (χ2v) is 7.02. The zero-order valence-corrected chi connectivity index (χ0v) is 16.9. The molecule has 2 aromatic carbocycles. The van der Waals surface area contributed by atoms with Crippen molar-refractivity contribution in [3.05, 3.63) is 83.2 Å². The van der Waals surface area contributed by atoms with Crippen molar-refractivity contribution in [3.63, 3.8) is 0 Å². The monoisotopic (exact) mass is 406 g/mol. The molecule has 1 aromatic heterocycles. The number of hydrogen-bond acceptors (Lipinski definition) is 4. The lowest BCUT2D eigenvalue weighted by atomic mass is 9.99. The van der Waals surface area contributed by atoms with E-state index >= 15 is 0 Å². The minimum Gasteiger partial charge on any atom is -0.497 e. The van der Waals surface area contributed by atoms with E-state index in [-0.39, 0.29) is 17.9 Å². The molecule has 154 valence electrons. The van der Waals surface area contributed by atoms with E-state index in [2.05, 4.69) is 10.3 Å². The summed E-state index contributed by atoms with van der Waals surface area (Å²) in [6, 6.07) is 13.4. The topological polar surface area (TPSA) is 79.9 Å². The van der Waals surface area contributed by atoms with E-state index in [0.29, 0.717) is 18.4 Å². The number of imidazole rings is 1. The molecule has 0 aliphatic carbocycles. The van der Waals surface area contributed by atoms with Gasteiger partial charge in [0.25, 0.3) is 0 Å². The molecular weight excluding hydrogens is 383 g/mol. The Morgan fingerprint density at radius 2 is 2.17 bits per heavy atom. The van der Waals surface area contributed by atoms with Gasteiger partial charge in [0.2, 0.25) is 5.91 Å². The molecule has 0 aliphatic rings. The Hall–Kier alpha value is -3.66. The molecule has 0 saturated carbocycles. The van der Waals surface area contributed by atoms with Crippen molar-refractivity contribution in [1.82, 2.24) is 14.9 Å². The van der Waals surface area contributed by atoms with Crippen molar-refractivity contribution < 1.29 is 13.9 Å². The van der Waals surface area contributed by atoms with Crippen LogP contribution >= 0.6 is 0 Å². The van der Waals surface area contributed by atoms with Gasteiger partial charge in [-0.3, -0.25) is 4.79 Å². The van der Waals surface area contributed by atoms with E-state index < -0.39 is 11.9 Å². The highest BCUT2D eigenvalue weighted by atomic mass is 19.1. The van der Waals surface area contributed by atoms with Crippen molar-refractivity contribution in [2.45, 2.75) is 25.3 Å². The number of aryl methyl sites for hydroxylation is 2. The Labute approximate surface area is 174 Å². The minimum atomic E-state index is -0.601. The number of benzene rings is 2. The summed E-state index contributed by atoms with van der Waals surface area (Å²) in [5.41, 5.74) is 2.47. The maximum Gasteiger partial charge on any atom is 0.220 e. The molecule has 1 heterocycles. The van der Waals surface area contributed by atoms with Crippen LogP contribution in [0.2, 0.25) is 0 Å². The van der Waals surface area contributed by atoms with Crippen molar-refractivity contribution in [2.24, 2.45) is 7.05 Å². The molecule has 0 aliphatic heterocycles. The van der Waals surface area contributed by atoms with Crippen LogP contribution < -0.4 is 10.1 Å². The molecule has 0 spiro atoms. The van der Waals surface area contributed by atoms with Crippen LogP contribution in [0.5, 0.6) is 5.75 Å². The predicted octanol–water partition coefficient (Wildman–Crippen LogP) is 3.47. The van der Waals surface area contributed by atoms with Gasteiger partial charge in [-0.15, -0.1) is 0 Å². The van der Waals surface area contributed by atoms with Crippen molar-refractivity contribution in [3.8, 4) is 11.8 Å². The number of rotatable bonds is 8. The van der Waals surface area contributed by atoms with Gasteiger partial charge in [0.05, 0.1) is 25.0 Å². The number of carbonyl (C=O) groups is 1. The Bertz CT molecular complexity index is 1070. The Morgan fingerprint density at radius 3 is 2.83 bits per heavy atom. The third-order valence-electron chi connectivity index (χ3n) is 4.96. The number of hydrogen-bond donors (Lipinski definition) is 1. The van der Waals surface area contributed by atoms with Gasteiger partial charge >= 0.3 is 0 Å². The summed E-state index contributed by atoms with van der Waals surface area (Å²) in [5, 5.41) is 12.0. The quantitative estimate of drug-likeness (QED) is 0.621. The van der Waals surface area contributed by atoms with Crippen LogP contribution in [0.15, 0.2) is 55.0 Å². The van der Waals surface area contributed by atoms with Gasteiger partial charge < -0.3 is 14.6 Å². The zero-order valence-electron chi connectivity index (χ0n) is 16.9. The summed E-state index contributed by atoms with van der Waals surface area (Å²) in [7, 11) is 3.47. The number of nitrogens with zero attached hydrogens (tertiary/aromatic N) is 3. The molecule has 0 fully saturated rings. The maximum absolute atomic E-state index is 14.2. The summed E-state index contributed by atoms with van der Waals surface area (Å²) in [4.78, 5) is 16.8. The van der Waals surface area contributed by atoms with Crippen LogP contribution in [0.25, 0.3) is 0 Å². The number of ether oxygens (including phenoxy) is 1. The lowest BCUT2D eigenvalue weighted by molar-refractivity contribution is -0.121. The molecule has 1 amide bonds. The highest BCUT2D eigenvalue weighted by molar-refractivity contribution is 5.76. The molecule has 1 unspecified atom stereocenters. The fraction of sp³-hybridized carbons (Fsp3) is 0.261. The van der Waals surface area contributed by atoms with Gasteiger partial charge in [-0.25, -0.2) is 9.37 Å². The Morgan fingerprint density at radius 1 is 1.33 bits per heavy atom. The van der Waals surface area contributed by atoms with E-state index in [0.717, 1.165) is 17.0 Å². The molecular formula is C23H23FN4O2. The molecule has 3 rings (SSSR count). The van der Waals surface area contributed by atoms with Gasteiger partial charge in [0.1, 0.15) is 17.6 Å². The fourth-order valence-corrected chi connectivity index (χ4v) is 3.23. The molecule has 6 nitrogen and oxygen atoms in total. The van der Waals surface area contributed by atoms with Gasteiger partial charge in [0.15, 0.2) is 0 Å². The second kappa shape index (κ2) is 9.70. The number of amides is 1. The molecule has 0 saturated heterocycles. The summed E-state index contributed by atoms with van der Waals surface area (Å²) in [6.45, 7) is 0. The van der Waals surface area contributed by atoms with Crippen LogP contribution in [0.4, 0.5) is 4.39 Å². The SMILES string of the molecule is COc1cccc(CCC(=O)NC(Cc2cncn2C)c2ccc(C#N)c(F)c2)c1. The smallest absolute Gasteiger partial charge is 0.220 e. The maximum atomic E-state index is 14.2. The highest BCUT2D eigenvalue weighted by Crippen LogP contribution is 2.21. The van der Waals surface area contributed by atoms with Crippen molar-refractivity contribution in [1.29, 1.82) is 5.26 Å². The average Bonchev–Trinajstić information content (AvgIpc) is 3.16. The van der Waals surface area contributed by atoms with Gasteiger partial charge in [-0.2, -0.15) is 5.26 Å². The first kappa shape index (κ1) is 21.1. The minimum absolute atomic E-state index is 0.0256. The number of carbonyl (C=O) groups excluding carboxylic acids is 1. The first-order chi connectivity index (χ1) is 14.5. The van der Waals surface area contributed by atoms with E-state index in [4.69, 9.17) is 10.00 Å². The largest absolute Gasteiger partial charge is 0.497 e. The number of nitrogens with one attached hydrogen (secondary N) is 1. The number of aromatic nitrogens is 2. The van der Waals surface area contributed by atoms with E-state index in [1.807, 2.05) is 41.9 Å². The molecule has 30 heavy (non-hydrogen) atoms. The lowest BCUT2D eigenvalue weighted by Crippen LogP contribution is -2.30. The van der Waals surface area contributed by atoms with E-state index in [1.54, 1.807) is 25.7 Å².